The Morgan fingerprint density at radius 2 is 2.16 bits per heavy atom. The van der Waals surface area contributed by atoms with Crippen LogP contribution in [0.1, 0.15) is 52.5 Å². The topological polar surface area (TPSA) is 133 Å². The number of halogens is 1. The largest absolute Gasteiger partial charge is 0.476 e. The molecule has 0 fully saturated rings. The first-order chi connectivity index (χ1) is 18.2. The number of aromatic nitrogens is 5. The second-order valence-electron chi connectivity index (χ2n) is 9.71. The molecule has 194 valence electrons. The number of carboxylic acid groups (broad SMARTS) is 1. The molecule has 4 heterocycles. The van der Waals surface area contributed by atoms with Gasteiger partial charge in [0.1, 0.15) is 17.0 Å². The van der Waals surface area contributed by atoms with Gasteiger partial charge in [0.25, 0.3) is 0 Å². The molecule has 0 aliphatic carbocycles. The molecule has 0 saturated carbocycles. The average molecular weight is 531 g/mol. The lowest BCUT2D eigenvalue weighted by Crippen LogP contribution is -2.32. The fourth-order valence-corrected chi connectivity index (χ4v) is 5.21. The average Bonchev–Trinajstić information content (AvgIpc) is 3.36. The molecule has 1 aliphatic heterocycles. The van der Waals surface area contributed by atoms with Crippen LogP contribution < -0.4 is 10.2 Å². The second-order valence-corrected chi connectivity index (χ2v) is 10.1. The van der Waals surface area contributed by atoms with E-state index in [0.29, 0.717) is 28.5 Å². The van der Waals surface area contributed by atoms with Crippen LogP contribution in [-0.2, 0) is 13.0 Å². The second kappa shape index (κ2) is 10.3. The van der Waals surface area contributed by atoms with Gasteiger partial charge in [-0.25, -0.2) is 24.7 Å². The molecule has 1 unspecified atom stereocenters. The van der Waals surface area contributed by atoms with Crippen molar-refractivity contribution in [2.24, 2.45) is 5.92 Å². The van der Waals surface area contributed by atoms with Crippen LogP contribution in [-0.4, -0.2) is 49.2 Å². The Kier molecular flexibility index (Phi) is 6.87. The SMILES string of the molecule is Cc1cc([C@@H](C)Nc2ccc(Cl)nc2C(=O)O)c2nc(N(C)CC3CCn4ccnc4C3)c(C#N)nc2c1. The van der Waals surface area contributed by atoms with Crippen LogP contribution in [0.25, 0.3) is 11.0 Å². The summed E-state index contributed by atoms with van der Waals surface area (Å²) < 4.78 is 2.18. The predicted molar refractivity (Wildman–Crippen MR) is 145 cm³/mol. The van der Waals surface area contributed by atoms with E-state index < -0.39 is 5.97 Å². The fraction of sp³-hybridized carbons (Fsp3) is 0.333. The number of carbonyl (C=O) groups is 1. The summed E-state index contributed by atoms with van der Waals surface area (Å²) in [6, 6.07) is 8.92. The highest BCUT2D eigenvalue weighted by molar-refractivity contribution is 6.29. The molecular weight excluding hydrogens is 504 g/mol. The third-order valence-corrected chi connectivity index (χ3v) is 7.09. The molecule has 0 spiro atoms. The lowest BCUT2D eigenvalue weighted by molar-refractivity contribution is 0.0691. The third-order valence-electron chi connectivity index (χ3n) is 6.88. The molecule has 5 rings (SSSR count). The van der Waals surface area contributed by atoms with Crippen molar-refractivity contribution in [2.75, 3.05) is 23.8 Å². The summed E-state index contributed by atoms with van der Waals surface area (Å²) in [5.41, 5.74) is 3.49. The zero-order valence-corrected chi connectivity index (χ0v) is 22.1. The molecule has 0 radical (unpaired) electrons. The number of pyridine rings is 1. The Bertz CT molecular complexity index is 1580. The van der Waals surface area contributed by atoms with Crippen molar-refractivity contribution in [3.8, 4) is 6.07 Å². The van der Waals surface area contributed by atoms with E-state index in [1.165, 1.54) is 0 Å². The fourth-order valence-electron chi connectivity index (χ4n) is 5.07. The molecule has 3 aromatic heterocycles. The number of aryl methyl sites for hydroxylation is 2. The minimum Gasteiger partial charge on any atom is -0.476 e. The Morgan fingerprint density at radius 3 is 2.92 bits per heavy atom. The number of anilines is 2. The van der Waals surface area contributed by atoms with E-state index >= 15 is 0 Å². The Balaban J connectivity index is 1.49. The summed E-state index contributed by atoms with van der Waals surface area (Å²) in [7, 11) is 1.94. The number of nitriles is 1. The van der Waals surface area contributed by atoms with Crippen molar-refractivity contribution in [3.63, 3.8) is 0 Å². The monoisotopic (exact) mass is 530 g/mol. The van der Waals surface area contributed by atoms with Gasteiger partial charge in [0.15, 0.2) is 17.2 Å². The van der Waals surface area contributed by atoms with E-state index in [1.807, 2.05) is 50.3 Å². The summed E-state index contributed by atoms with van der Waals surface area (Å²) >= 11 is 5.92. The Labute approximate surface area is 224 Å². The lowest BCUT2D eigenvalue weighted by atomic mass is 9.97. The van der Waals surface area contributed by atoms with Crippen molar-refractivity contribution in [1.82, 2.24) is 24.5 Å². The molecule has 0 amide bonds. The molecule has 11 heteroatoms. The molecular formula is C27H27ClN8O2. The van der Waals surface area contributed by atoms with Crippen molar-refractivity contribution in [3.05, 3.63) is 70.2 Å². The molecule has 2 atom stereocenters. The van der Waals surface area contributed by atoms with Crippen LogP contribution in [0.4, 0.5) is 11.5 Å². The predicted octanol–water partition coefficient (Wildman–Crippen LogP) is 4.62. The molecule has 0 saturated heterocycles. The van der Waals surface area contributed by atoms with Gasteiger partial charge in [0.2, 0.25) is 0 Å². The number of nitrogens with zero attached hydrogens (tertiary/aromatic N) is 7. The molecule has 4 aromatic rings. The first-order valence-corrected chi connectivity index (χ1v) is 12.7. The molecule has 2 N–H and O–H groups in total. The first kappa shape index (κ1) is 25.4. The summed E-state index contributed by atoms with van der Waals surface area (Å²) in [5.74, 6) is 0.799. The Hall–Kier alpha value is -4.23. The van der Waals surface area contributed by atoms with E-state index in [9.17, 15) is 15.2 Å². The van der Waals surface area contributed by atoms with Crippen LogP contribution in [0.15, 0.2) is 36.7 Å². The van der Waals surface area contributed by atoms with Gasteiger partial charge < -0.3 is 19.9 Å². The maximum Gasteiger partial charge on any atom is 0.356 e. The van der Waals surface area contributed by atoms with Gasteiger partial charge in [0.05, 0.1) is 22.8 Å². The van der Waals surface area contributed by atoms with E-state index in [0.717, 1.165) is 42.9 Å². The van der Waals surface area contributed by atoms with Crippen molar-refractivity contribution in [1.29, 1.82) is 5.26 Å². The minimum absolute atomic E-state index is 0.103. The number of hydrogen-bond acceptors (Lipinski definition) is 8. The number of nitrogens with one attached hydrogen (secondary N) is 1. The maximum absolute atomic E-state index is 11.7. The van der Waals surface area contributed by atoms with E-state index in [1.54, 1.807) is 12.1 Å². The number of benzene rings is 1. The number of hydrogen-bond donors (Lipinski definition) is 2. The number of carboxylic acids is 1. The summed E-state index contributed by atoms with van der Waals surface area (Å²) in [5, 5.41) is 22.9. The zero-order valence-electron chi connectivity index (χ0n) is 21.3. The van der Waals surface area contributed by atoms with Gasteiger partial charge in [-0.15, -0.1) is 0 Å². The number of fused-ring (bicyclic) bond motifs is 2. The molecule has 1 aliphatic rings. The molecule has 0 bridgehead atoms. The number of imidazole rings is 1. The first-order valence-electron chi connectivity index (χ1n) is 12.3. The van der Waals surface area contributed by atoms with Crippen molar-refractivity contribution in [2.45, 2.75) is 39.3 Å². The number of rotatable bonds is 7. The summed E-state index contributed by atoms with van der Waals surface area (Å²) in [6.07, 6.45) is 5.73. The summed E-state index contributed by atoms with van der Waals surface area (Å²) in [4.78, 5) is 31.8. The zero-order chi connectivity index (χ0) is 27.0. The van der Waals surface area contributed by atoms with Crippen LogP contribution in [0.3, 0.4) is 0 Å². The summed E-state index contributed by atoms with van der Waals surface area (Å²) in [6.45, 7) is 5.51. The van der Waals surface area contributed by atoms with E-state index in [4.69, 9.17) is 16.6 Å². The third kappa shape index (κ3) is 4.97. The molecule has 1 aromatic carbocycles. The lowest BCUT2D eigenvalue weighted by Gasteiger charge is -2.29. The highest BCUT2D eigenvalue weighted by Gasteiger charge is 2.24. The van der Waals surface area contributed by atoms with Crippen molar-refractivity contribution < 1.29 is 9.90 Å². The van der Waals surface area contributed by atoms with Gasteiger partial charge in [-0.3, -0.25) is 0 Å². The van der Waals surface area contributed by atoms with Gasteiger partial charge in [0, 0.05) is 44.5 Å². The highest BCUT2D eigenvalue weighted by Crippen LogP contribution is 2.31. The highest BCUT2D eigenvalue weighted by atomic mass is 35.5. The number of aromatic carboxylic acids is 1. The maximum atomic E-state index is 11.7. The minimum atomic E-state index is -1.18. The van der Waals surface area contributed by atoms with Crippen LogP contribution in [0.2, 0.25) is 5.15 Å². The quantitative estimate of drug-likeness (QED) is 0.328. The van der Waals surface area contributed by atoms with Crippen LogP contribution in [0.5, 0.6) is 0 Å². The van der Waals surface area contributed by atoms with Gasteiger partial charge >= 0.3 is 5.97 Å². The van der Waals surface area contributed by atoms with Crippen LogP contribution in [0, 0.1) is 24.2 Å². The van der Waals surface area contributed by atoms with Gasteiger partial charge in [-0.1, -0.05) is 17.7 Å². The smallest absolute Gasteiger partial charge is 0.356 e. The Morgan fingerprint density at radius 1 is 1.34 bits per heavy atom. The standard InChI is InChI=1S/C27H27ClN8O2/c1-15-10-18(16(2)31-19-4-5-22(28)33-25(19)27(37)38)24-20(11-15)32-21(13-29)26(34-24)35(3)14-17-6-8-36-9-7-30-23(36)12-17/h4-5,7,9-11,16-17,31H,6,8,12,14H2,1-3H3,(H,37,38)/t16-,17?/m1/s1. The molecule has 38 heavy (non-hydrogen) atoms. The van der Waals surface area contributed by atoms with E-state index in [2.05, 4.69) is 30.9 Å². The molecule has 10 nitrogen and oxygen atoms in total. The van der Waals surface area contributed by atoms with Gasteiger partial charge in [-0.05, 0) is 49.9 Å². The van der Waals surface area contributed by atoms with Crippen LogP contribution >= 0.6 is 11.6 Å². The van der Waals surface area contributed by atoms with Gasteiger partial charge in [-0.2, -0.15) is 5.26 Å². The van der Waals surface area contributed by atoms with E-state index in [-0.39, 0.29) is 22.6 Å². The van der Waals surface area contributed by atoms with Crippen molar-refractivity contribution >= 4 is 40.1 Å². The normalized spacial score (nSPS) is 15.5.